The number of thiophene rings is 2. The van der Waals surface area contributed by atoms with E-state index in [9.17, 15) is 15.2 Å². The van der Waals surface area contributed by atoms with Crippen LogP contribution in [0.3, 0.4) is 0 Å². The summed E-state index contributed by atoms with van der Waals surface area (Å²) < 4.78 is 1.16. The molecular formula is C15H14N2O3S2. The zero-order valence-electron chi connectivity index (χ0n) is 11.6. The molecule has 5 nitrogen and oxygen atoms in total. The first-order valence-corrected chi connectivity index (χ1v) is 8.42. The van der Waals surface area contributed by atoms with Crippen LogP contribution in [0.15, 0.2) is 41.8 Å². The van der Waals surface area contributed by atoms with Gasteiger partial charge in [-0.15, -0.1) is 11.3 Å². The zero-order chi connectivity index (χ0) is 15.5. The number of aliphatic hydroxyl groups excluding tert-OH is 1. The van der Waals surface area contributed by atoms with Crippen LogP contribution in [0.2, 0.25) is 0 Å². The Morgan fingerprint density at radius 2 is 2.14 bits per heavy atom. The molecule has 114 valence electrons. The van der Waals surface area contributed by atoms with Gasteiger partial charge in [0.15, 0.2) is 0 Å². The van der Waals surface area contributed by atoms with Crippen LogP contribution in [0.4, 0.5) is 5.00 Å². The maximum atomic E-state index is 10.6. The van der Waals surface area contributed by atoms with Crippen LogP contribution < -0.4 is 5.32 Å². The fourth-order valence-electron chi connectivity index (χ4n) is 2.17. The van der Waals surface area contributed by atoms with E-state index in [0.29, 0.717) is 13.1 Å². The number of nitrogens with zero attached hydrogens (tertiary/aromatic N) is 1. The zero-order valence-corrected chi connectivity index (χ0v) is 13.2. The Hall–Kier alpha value is -1.80. The Kier molecular flexibility index (Phi) is 4.49. The predicted molar refractivity (Wildman–Crippen MR) is 89.5 cm³/mol. The van der Waals surface area contributed by atoms with E-state index in [1.54, 1.807) is 22.8 Å². The average Bonchev–Trinajstić information content (AvgIpc) is 3.13. The monoisotopic (exact) mass is 334 g/mol. The second kappa shape index (κ2) is 6.53. The lowest BCUT2D eigenvalue weighted by Gasteiger charge is -2.09. The standard InChI is InChI=1S/C15H14N2O3S2/c18-12(14-6-11-3-1-2-4-13(11)22-14)8-16-7-10-5-15(17(19)20)21-9-10/h1-6,9,12,16,18H,7-8H2. The van der Waals surface area contributed by atoms with Crippen LogP contribution in [0, 0.1) is 10.1 Å². The molecule has 0 radical (unpaired) electrons. The van der Waals surface area contributed by atoms with E-state index in [0.717, 1.165) is 31.9 Å². The van der Waals surface area contributed by atoms with Gasteiger partial charge in [-0.1, -0.05) is 29.5 Å². The molecular weight excluding hydrogens is 320 g/mol. The molecule has 0 aliphatic heterocycles. The molecule has 3 rings (SSSR count). The summed E-state index contributed by atoms with van der Waals surface area (Å²) >= 11 is 2.70. The van der Waals surface area contributed by atoms with Crippen LogP contribution in [-0.2, 0) is 6.54 Å². The van der Waals surface area contributed by atoms with E-state index in [-0.39, 0.29) is 9.92 Å². The molecule has 3 aromatic rings. The molecule has 0 spiro atoms. The minimum Gasteiger partial charge on any atom is -0.386 e. The Labute approximate surface area is 135 Å². The quantitative estimate of drug-likeness (QED) is 0.532. The third-order valence-corrected chi connectivity index (χ3v) is 5.41. The number of benzene rings is 1. The minimum atomic E-state index is -0.578. The highest BCUT2D eigenvalue weighted by Gasteiger charge is 2.12. The molecule has 0 bridgehead atoms. The summed E-state index contributed by atoms with van der Waals surface area (Å²) in [4.78, 5) is 11.2. The third-order valence-electron chi connectivity index (χ3n) is 3.26. The van der Waals surface area contributed by atoms with Gasteiger partial charge in [-0.3, -0.25) is 10.1 Å². The smallest absolute Gasteiger partial charge is 0.324 e. The van der Waals surface area contributed by atoms with Crippen LogP contribution in [0.1, 0.15) is 16.5 Å². The molecule has 0 aliphatic carbocycles. The van der Waals surface area contributed by atoms with Gasteiger partial charge < -0.3 is 10.4 Å². The van der Waals surface area contributed by atoms with Crippen molar-refractivity contribution in [1.29, 1.82) is 0 Å². The van der Waals surface area contributed by atoms with Crippen LogP contribution in [0.25, 0.3) is 10.1 Å². The molecule has 1 aromatic carbocycles. The Morgan fingerprint density at radius 1 is 1.32 bits per heavy atom. The summed E-state index contributed by atoms with van der Waals surface area (Å²) in [6, 6.07) is 11.6. The van der Waals surface area contributed by atoms with Crippen molar-refractivity contribution in [2.24, 2.45) is 0 Å². The summed E-state index contributed by atoms with van der Waals surface area (Å²) in [5.41, 5.74) is 0.861. The van der Waals surface area contributed by atoms with Crippen molar-refractivity contribution in [3.05, 3.63) is 62.3 Å². The third kappa shape index (κ3) is 3.33. The molecule has 22 heavy (non-hydrogen) atoms. The fraction of sp³-hybridized carbons (Fsp3) is 0.200. The van der Waals surface area contributed by atoms with Gasteiger partial charge in [-0.2, -0.15) is 0 Å². The predicted octanol–water partition coefficient (Wildman–Crippen LogP) is 3.69. The first kappa shape index (κ1) is 15.1. The summed E-state index contributed by atoms with van der Waals surface area (Å²) in [7, 11) is 0. The number of aliphatic hydroxyl groups is 1. The SMILES string of the molecule is O=[N+]([O-])c1cc(CNCC(O)c2cc3ccccc3s2)cs1. The van der Waals surface area contributed by atoms with Gasteiger partial charge in [0.25, 0.3) is 0 Å². The average molecular weight is 334 g/mol. The van der Waals surface area contributed by atoms with Crippen molar-refractivity contribution in [3.8, 4) is 0 Å². The van der Waals surface area contributed by atoms with E-state index in [1.807, 2.05) is 30.3 Å². The lowest BCUT2D eigenvalue weighted by Crippen LogP contribution is -2.20. The van der Waals surface area contributed by atoms with E-state index in [4.69, 9.17) is 0 Å². The number of fused-ring (bicyclic) bond motifs is 1. The van der Waals surface area contributed by atoms with Gasteiger partial charge in [0.05, 0.1) is 4.92 Å². The maximum absolute atomic E-state index is 10.6. The summed E-state index contributed by atoms with van der Waals surface area (Å²) in [5, 5.41) is 27.0. The van der Waals surface area contributed by atoms with E-state index in [2.05, 4.69) is 5.32 Å². The van der Waals surface area contributed by atoms with E-state index < -0.39 is 6.10 Å². The first-order valence-electron chi connectivity index (χ1n) is 6.72. The van der Waals surface area contributed by atoms with Crippen molar-refractivity contribution < 1.29 is 10.0 Å². The molecule has 0 saturated heterocycles. The largest absolute Gasteiger partial charge is 0.386 e. The second-order valence-electron chi connectivity index (χ2n) is 4.88. The molecule has 2 N–H and O–H groups in total. The van der Waals surface area contributed by atoms with Gasteiger partial charge in [0.1, 0.15) is 6.10 Å². The summed E-state index contributed by atoms with van der Waals surface area (Å²) in [5.74, 6) is 0. The summed E-state index contributed by atoms with van der Waals surface area (Å²) in [6.45, 7) is 0.919. The van der Waals surface area contributed by atoms with Crippen LogP contribution >= 0.6 is 22.7 Å². The highest BCUT2D eigenvalue weighted by molar-refractivity contribution is 7.19. The van der Waals surface area contributed by atoms with Gasteiger partial charge in [-0.05, 0) is 23.1 Å². The first-order chi connectivity index (χ1) is 10.6. The topological polar surface area (TPSA) is 75.4 Å². The highest BCUT2D eigenvalue weighted by Crippen LogP contribution is 2.29. The highest BCUT2D eigenvalue weighted by atomic mass is 32.1. The van der Waals surface area contributed by atoms with Crippen molar-refractivity contribution in [2.75, 3.05) is 6.54 Å². The molecule has 7 heteroatoms. The van der Waals surface area contributed by atoms with Crippen molar-refractivity contribution >= 4 is 37.8 Å². The molecule has 1 atom stereocenters. The normalized spacial score (nSPS) is 12.6. The molecule has 0 aliphatic rings. The lowest BCUT2D eigenvalue weighted by molar-refractivity contribution is -0.380. The van der Waals surface area contributed by atoms with Crippen LogP contribution in [-0.4, -0.2) is 16.6 Å². The molecule has 0 saturated carbocycles. The maximum Gasteiger partial charge on any atom is 0.324 e. The minimum absolute atomic E-state index is 0.141. The van der Waals surface area contributed by atoms with Gasteiger partial charge in [-0.25, -0.2) is 0 Å². The van der Waals surface area contributed by atoms with Gasteiger partial charge in [0, 0.05) is 34.1 Å². The number of nitro groups is 1. The lowest BCUT2D eigenvalue weighted by atomic mass is 10.2. The van der Waals surface area contributed by atoms with Crippen molar-refractivity contribution in [1.82, 2.24) is 5.32 Å². The molecule has 0 fully saturated rings. The van der Waals surface area contributed by atoms with Crippen molar-refractivity contribution in [3.63, 3.8) is 0 Å². The summed E-state index contributed by atoms with van der Waals surface area (Å²) in [6.07, 6.45) is -0.578. The Balaban J connectivity index is 1.57. The second-order valence-corrected chi connectivity index (χ2v) is 6.89. The molecule has 0 amide bonds. The number of hydrogen-bond donors (Lipinski definition) is 2. The number of nitrogens with one attached hydrogen (secondary N) is 1. The Morgan fingerprint density at radius 3 is 2.86 bits per heavy atom. The van der Waals surface area contributed by atoms with Gasteiger partial charge >= 0.3 is 5.00 Å². The Bertz CT molecular complexity index is 764. The van der Waals surface area contributed by atoms with E-state index in [1.165, 1.54) is 0 Å². The van der Waals surface area contributed by atoms with Crippen molar-refractivity contribution in [2.45, 2.75) is 12.6 Å². The van der Waals surface area contributed by atoms with Crippen LogP contribution in [0.5, 0.6) is 0 Å². The number of hydrogen-bond acceptors (Lipinski definition) is 6. The van der Waals surface area contributed by atoms with E-state index >= 15 is 0 Å². The fourth-order valence-corrected chi connectivity index (χ4v) is 3.95. The molecule has 1 unspecified atom stereocenters. The molecule has 2 aromatic heterocycles. The molecule has 2 heterocycles. The number of rotatable bonds is 6. The van der Waals surface area contributed by atoms with Gasteiger partial charge in [0.2, 0.25) is 0 Å².